The minimum atomic E-state index is -0.0127. The highest BCUT2D eigenvalue weighted by molar-refractivity contribution is 9.09. The first-order valence-corrected chi connectivity index (χ1v) is 4.69. The average Bonchev–Trinajstić information content (AvgIpc) is 1.88. The fourth-order valence-corrected chi connectivity index (χ4v) is 1.99. The number of alkyl halides is 1. The second-order valence-electron chi connectivity index (χ2n) is 2.84. The number of aliphatic hydroxyl groups excluding tert-OH is 1. The number of hydrogen-bond donors (Lipinski definition) is 1. The van der Waals surface area contributed by atoms with Crippen LogP contribution in [-0.2, 0) is 0 Å². The molecule has 0 heterocycles. The van der Waals surface area contributed by atoms with E-state index in [1.807, 2.05) is 0 Å². The molecule has 1 rings (SSSR count). The van der Waals surface area contributed by atoms with Crippen LogP contribution in [0.3, 0.4) is 0 Å². The van der Waals surface area contributed by atoms with E-state index >= 15 is 0 Å². The lowest BCUT2D eigenvalue weighted by molar-refractivity contribution is 0.108. The number of rotatable bonds is 1. The monoisotopic (exact) mass is 192 g/mol. The Balaban J connectivity index is 2.23. The van der Waals surface area contributed by atoms with Gasteiger partial charge in [0.15, 0.2) is 0 Å². The van der Waals surface area contributed by atoms with Crippen LogP contribution in [0.5, 0.6) is 0 Å². The van der Waals surface area contributed by atoms with E-state index in [1.54, 1.807) is 0 Å². The summed E-state index contributed by atoms with van der Waals surface area (Å²) in [5.41, 5.74) is 0. The summed E-state index contributed by atoms with van der Waals surface area (Å²) < 4.78 is 0. The second-order valence-corrected chi connectivity index (χ2v) is 3.49. The Morgan fingerprint density at radius 1 is 1.44 bits per heavy atom. The molecule has 0 aromatic rings. The molecule has 1 aliphatic rings. The molecule has 0 bridgehead atoms. The van der Waals surface area contributed by atoms with E-state index in [0.29, 0.717) is 0 Å². The van der Waals surface area contributed by atoms with Gasteiger partial charge in [-0.3, -0.25) is 0 Å². The van der Waals surface area contributed by atoms with Crippen molar-refractivity contribution in [1.82, 2.24) is 0 Å². The van der Waals surface area contributed by atoms with E-state index in [2.05, 4.69) is 15.9 Å². The van der Waals surface area contributed by atoms with Crippen LogP contribution in [0.15, 0.2) is 0 Å². The fourth-order valence-electron chi connectivity index (χ4n) is 1.40. The molecular formula is C7H13BrO. The number of aliphatic hydroxyl groups is 1. The predicted molar refractivity (Wildman–Crippen MR) is 41.8 cm³/mol. The van der Waals surface area contributed by atoms with Crippen molar-refractivity contribution in [3.63, 3.8) is 0 Å². The SMILES string of the molecule is OC1CCCC(CBr)C1. The average molecular weight is 193 g/mol. The van der Waals surface area contributed by atoms with Crippen LogP contribution in [0.2, 0.25) is 0 Å². The van der Waals surface area contributed by atoms with Crippen LogP contribution >= 0.6 is 15.9 Å². The Morgan fingerprint density at radius 3 is 2.67 bits per heavy atom. The van der Waals surface area contributed by atoms with Gasteiger partial charge in [0.2, 0.25) is 0 Å². The van der Waals surface area contributed by atoms with Crippen LogP contribution in [0.4, 0.5) is 0 Å². The Hall–Kier alpha value is 0.440. The van der Waals surface area contributed by atoms with Crippen LogP contribution in [0, 0.1) is 5.92 Å². The van der Waals surface area contributed by atoms with Crippen molar-refractivity contribution < 1.29 is 5.11 Å². The quantitative estimate of drug-likeness (QED) is 0.631. The highest BCUT2D eigenvalue weighted by Gasteiger charge is 2.18. The highest BCUT2D eigenvalue weighted by Crippen LogP contribution is 2.25. The Kier molecular flexibility index (Phi) is 2.99. The van der Waals surface area contributed by atoms with Gasteiger partial charge in [0.05, 0.1) is 6.10 Å². The van der Waals surface area contributed by atoms with Crippen molar-refractivity contribution in [1.29, 1.82) is 0 Å². The van der Waals surface area contributed by atoms with E-state index in [4.69, 9.17) is 0 Å². The van der Waals surface area contributed by atoms with Gasteiger partial charge in [0.25, 0.3) is 0 Å². The minimum Gasteiger partial charge on any atom is -0.393 e. The van der Waals surface area contributed by atoms with Gasteiger partial charge in [0.1, 0.15) is 0 Å². The molecule has 1 nitrogen and oxygen atoms in total. The molecule has 54 valence electrons. The van der Waals surface area contributed by atoms with Gasteiger partial charge in [-0.05, 0) is 25.2 Å². The zero-order valence-corrected chi connectivity index (χ0v) is 7.10. The molecule has 1 N–H and O–H groups in total. The van der Waals surface area contributed by atoms with Crippen molar-refractivity contribution >= 4 is 15.9 Å². The molecule has 1 saturated carbocycles. The molecule has 1 fully saturated rings. The maximum atomic E-state index is 9.19. The smallest absolute Gasteiger partial charge is 0.0543 e. The van der Waals surface area contributed by atoms with Gasteiger partial charge in [0, 0.05) is 5.33 Å². The molecule has 0 aromatic carbocycles. The summed E-state index contributed by atoms with van der Waals surface area (Å²) in [6.07, 6.45) is 4.51. The lowest BCUT2D eigenvalue weighted by Crippen LogP contribution is -2.20. The molecule has 2 heteroatoms. The van der Waals surface area contributed by atoms with Gasteiger partial charge in [-0.2, -0.15) is 0 Å². The summed E-state index contributed by atoms with van der Waals surface area (Å²) in [5.74, 6) is 0.730. The number of hydrogen-bond acceptors (Lipinski definition) is 1. The standard InChI is InChI=1S/C7H13BrO/c8-5-6-2-1-3-7(9)4-6/h6-7,9H,1-5H2. The third-order valence-electron chi connectivity index (χ3n) is 1.97. The van der Waals surface area contributed by atoms with Crippen molar-refractivity contribution in [2.75, 3.05) is 5.33 Å². The molecule has 9 heavy (non-hydrogen) atoms. The van der Waals surface area contributed by atoms with Gasteiger partial charge in [-0.1, -0.05) is 22.4 Å². The second kappa shape index (κ2) is 3.57. The van der Waals surface area contributed by atoms with Gasteiger partial charge >= 0.3 is 0 Å². The fraction of sp³-hybridized carbons (Fsp3) is 1.00. The first-order valence-electron chi connectivity index (χ1n) is 3.57. The van der Waals surface area contributed by atoms with E-state index in [1.165, 1.54) is 12.8 Å². The molecule has 0 aliphatic heterocycles. The van der Waals surface area contributed by atoms with E-state index in [-0.39, 0.29) is 6.10 Å². The molecule has 0 amide bonds. The lowest BCUT2D eigenvalue weighted by Gasteiger charge is -2.23. The third-order valence-corrected chi connectivity index (χ3v) is 2.89. The van der Waals surface area contributed by atoms with Crippen molar-refractivity contribution in [2.24, 2.45) is 5.92 Å². The largest absolute Gasteiger partial charge is 0.393 e. The summed E-state index contributed by atoms with van der Waals surface area (Å²) in [5, 5.41) is 10.2. The van der Waals surface area contributed by atoms with Crippen molar-refractivity contribution in [2.45, 2.75) is 31.8 Å². The zero-order chi connectivity index (χ0) is 6.69. The molecule has 0 aromatic heterocycles. The predicted octanol–water partition coefficient (Wildman–Crippen LogP) is 1.93. The molecule has 1 aliphatic carbocycles. The maximum absolute atomic E-state index is 9.19. The lowest BCUT2D eigenvalue weighted by atomic mass is 9.89. The number of halogens is 1. The first-order chi connectivity index (χ1) is 4.33. The van der Waals surface area contributed by atoms with Gasteiger partial charge < -0.3 is 5.11 Å². The van der Waals surface area contributed by atoms with Gasteiger partial charge in [-0.15, -0.1) is 0 Å². The summed E-state index contributed by atoms with van der Waals surface area (Å²) in [6.45, 7) is 0. The molecule has 0 saturated heterocycles. The van der Waals surface area contributed by atoms with Crippen LogP contribution in [-0.4, -0.2) is 16.5 Å². The maximum Gasteiger partial charge on any atom is 0.0543 e. The molecule has 2 unspecified atom stereocenters. The Bertz CT molecular complexity index is 85.0. The van der Waals surface area contributed by atoms with Crippen molar-refractivity contribution in [3.8, 4) is 0 Å². The summed E-state index contributed by atoms with van der Waals surface area (Å²) in [6, 6.07) is 0. The minimum absolute atomic E-state index is 0.0127. The zero-order valence-electron chi connectivity index (χ0n) is 5.52. The van der Waals surface area contributed by atoms with E-state index in [0.717, 1.165) is 24.1 Å². The molecular weight excluding hydrogens is 180 g/mol. The normalized spacial score (nSPS) is 36.7. The molecule has 0 radical (unpaired) electrons. The topological polar surface area (TPSA) is 20.2 Å². The molecule has 0 spiro atoms. The first kappa shape index (κ1) is 7.55. The van der Waals surface area contributed by atoms with Crippen molar-refractivity contribution in [3.05, 3.63) is 0 Å². The Labute approximate surface area is 64.6 Å². The van der Waals surface area contributed by atoms with Crippen LogP contribution < -0.4 is 0 Å². The summed E-state index contributed by atoms with van der Waals surface area (Å²) in [7, 11) is 0. The molecule has 2 atom stereocenters. The van der Waals surface area contributed by atoms with Crippen LogP contribution in [0.1, 0.15) is 25.7 Å². The third kappa shape index (κ3) is 2.26. The van der Waals surface area contributed by atoms with Gasteiger partial charge in [-0.25, -0.2) is 0 Å². The van der Waals surface area contributed by atoms with Crippen LogP contribution in [0.25, 0.3) is 0 Å². The van der Waals surface area contributed by atoms with E-state index < -0.39 is 0 Å². The van der Waals surface area contributed by atoms with E-state index in [9.17, 15) is 5.11 Å². The summed E-state index contributed by atoms with van der Waals surface area (Å²) >= 11 is 3.43. The highest BCUT2D eigenvalue weighted by atomic mass is 79.9. The summed E-state index contributed by atoms with van der Waals surface area (Å²) in [4.78, 5) is 0. The Morgan fingerprint density at radius 2 is 2.22 bits per heavy atom.